The molecule has 142 valence electrons. The Morgan fingerprint density at radius 3 is 2.46 bits per heavy atom. The highest BCUT2D eigenvalue weighted by Gasteiger charge is 2.37. The Hall–Kier alpha value is -2.28. The fraction of sp³-hybridized carbons (Fsp3) is 0.579. The van der Waals surface area contributed by atoms with Crippen molar-refractivity contribution in [3.63, 3.8) is 0 Å². The third-order valence-electron chi connectivity index (χ3n) is 5.20. The zero-order chi connectivity index (χ0) is 18.7. The van der Waals surface area contributed by atoms with Gasteiger partial charge in [0.2, 0.25) is 11.8 Å². The summed E-state index contributed by atoms with van der Waals surface area (Å²) in [4.78, 5) is 31.0. The number of piperazine rings is 1. The Kier molecular flexibility index (Phi) is 5.66. The molecule has 1 unspecified atom stereocenters. The van der Waals surface area contributed by atoms with Crippen LogP contribution < -0.4 is 9.47 Å². The lowest BCUT2D eigenvalue weighted by Crippen LogP contribution is -2.49. The summed E-state index contributed by atoms with van der Waals surface area (Å²) in [6.07, 6.45) is 0.304. The number of carbonyl (C=O) groups is 2. The van der Waals surface area contributed by atoms with Gasteiger partial charge in [-0.3, -0.25) is 9.59 Å². The third kappa shape index (κ3) is 3.93. The Morgan fingerprint density at radius 2 is 1.81 bits per heavy atom. The van der Waals surface area contributed by atoms with Crippen molar-refractivity contribution >= 4 is 11.8 Å². The van der Waals surface area contributed by atoms with Gasteiger partial charge in [-0.1, -0.05) is 6.07 Å². The van der Waals surface area contributed by atoms with E-state index in [4.69, 9.17) is 9.47 Å². The van der Waals surface area contributed by atoms with Gasteiger partial charge in [-0.15, -0.1) is 0 Å². The van der Waals surface area contributed by atoms with Crippen molar-refractivity contribution in [2.24, 2.45) is 5.92 Å². The van der Waals surface area contributed by atoms with E-state index >= 15 is 0 Å². The quantitative estimate of drug-likeness (QED) is 0.777. The molecule has 2 fully saturated rings. The number of ether oxygens (including phenoxy) is 2. The maximum Gasteiger partial charge on any atom is 0.228 e. The minimum absolute atomic E-state index is 0.0345. The molecule has 2 aliphatic rings. The van der Waals surface area contributed by atoms with Gasteiger partial charge in [0, 0.05) is 45.7 Å². The molecule has 7 nitrogen and oxygen atoms in total. The van der Waals surface area contributed by atoms with Crippen molar-refractivity contribution in [2.75, 3.05) is 54.0 Å². The van der Waals surface area contributed by atoms with Gasteiger partial charge in [-0.2, -0.15) is 0 Å². The highest BCUT2D eigenvalue weighted by molar-refractivity contribution is 5.89. The molecule has 0 radical (unpaired) electrons. The number of likely N-dealkylation sites (tertiary alicyclic amines) is 1. The van der Waals surface area contributed by atoms with Crippen LogP contribution in [0.2, 0.25) is 0 Å². The molecular formula is C19H27N3O4. The van der Waals surface area contributed by atoms with E-state index in [0.29, 0.717) is 31.0 Å². The second-order valence-electron chi connectivity index (χ2n) is 6.99. The van der Waals surface area contributed by atoms with Gasteiger partial charge in [-0.25, -0.2) is 0 Å². The monoisotopic (exact) mass is 361 g/mol. The molecular weight excluding hydrogens is 334 g/mol. The number of hydrogen-bond donors (Lipinski definition) is 0. The normalized spacial score (nSPS) is 21.2. The number of hydrogen-bond acceptors (Lipinski definition) is 5. The van der Waals surface area contributed by atoms with Crippen LogP contribution in [0.5, 0.6) is 11.5 Å². The summed E-state index contributed by atoms with van der Waals surface area (Å²) in [5.41, 5.74) is 0.962. The van der Waals surface area contributed by atoms with Gasteiger partial charge in [0.1, 0.15) is 0 Å². The maximum atomic E-state index is 12.7. The number of likely N-dealkylation sites (N-methyl/N-ethyl adjacent to an activating group) is 1. The lowest BCUT2D eigenvalue weighted by atomic mass is 10.1. The fourth-order valence-corrected chi connectivity index (χ4v) is 3.57. The molecule has 1 aromatic rings. The Bertz CT molecular complexity index is 671. The molecule has 0 spiro atoms. The van der Waals surface area contributed by atoms with Crippen molar-refractivity contribution in [3.8, 4) is 11.5 Å². The summed E-state index contributed by atoms with van der Waals surface area (Å²) >= 11 is 0. The molecule has 2 aliphatic heterocycles. The van der Waals surface area contributed by atoms with Gasteiger partial charge in [0.25, 0.3) is 0 Å². The van der Waals surface area contributed by atoms with E-state index in [0.717, 1.165) is 31.7 Å². The summed E-state index contributed by atoms with van der Waals surface area (Å²) in [6.45, 7) is 4.24. The summed E-state index contributed by atoms with van der Waals surface area (Å²) in [5, 5.41) is 0. The second-order valence-corrected chi connectivity index (χ2v) is 6.99. The molecule has 2 amide bonds. The van der Waals surface area contributed by atoms with Crippen molar-refractivity contribution in [1.29, 1.82) is 0 Å². The van der Waals surface area contributed by atoms with Crippen molar-refractivity contribution in [1.82, 2.24) is 14.7 Å². The zero-order valence-electron chi connectivity index (χ0n) is 15.7. The average Bonchev–Trinajstić information content (AvgIpc) is 3.02. The van der Waals surface area contributed by atoms with Gasteiger partial charge in [0.05, 0.1) is 20.1 Å². The van der Waals surface area contributed by atoms with Crippen LogP contribution in [0.1, 0.15) is 12.0 Å². The standard InChI is InChI=1S/C19H27N3O4/c1-20-6-8-21(9-7-20)19(24)15-11-18(23)22(13-15)12-14-4-5-16(25-2)17(10-14)26-3/h4-5,10,15H,6-9,11-13H2,1-3H3. The number of benzene rings is 1. The van der Waals surface area contributed by atoms with Crippen LogP contribution in [0.15, 0.2) is 18.2 Å². The van der Waals surface area contributed by atoms with E-state index in [-0.39, 0.29) is 17.7 Å². The lowest BCUT2D eigenvalue weighted by molar-refractivity contribution is -0.137. The average molecular weight is 361 g/mol. The fourth-order valence-electron chi connectivity index (χ4n) is 3.57. The minimum Gasteiger partial charge on any atom is -0.493 e. The van der Waals surface area contributed by atoms with E-state index in [9.17, 15) is 9.59 Å². The number of methoxy groups -OCH3 is 2. The molecule has 0 aliphatic carbocycles. The molecule has 1 aromatic carbocycles. The lowest BCUT2D eigenvalue weighted by Gasteiger charge is -2.33. The Morgan fingerprint density at radius 1 is 1.12 bits per heavy atom. The first-order valence-electron chi connectivity index (χ1n) is 8.98. The first-order chi connectivity index (χ1) is 12.5. The van der Waals surface area contributed by atoms with Crippen molar-refractivity contribution < 1.29 is 19.1 Å². The molecule has 2 saturated heterocycles. The van der Waals surface area contributed by atoms with Crippen LogP contribution >= 0.6 is 0 Å². The molecule has 0 bridgehead atoms. The molecule has 26 heavy (non-hydrogen) atoms. The number of carbonyl (C=O) groups excluding carboxylic acids is 2. The molecule has 3 rings (SSSR count). The number of rotatable bonds is 5. The van der Waals surface area contributed by atoms with Gasteiger partial charge in [0.15, 0.2) is 11.5 Å². The third-order valence-corrected chi connectivity index (χ3v) is 5.20. The Labute approximate surface area is 154 Å². The van der Waals surface area contributed by atoms with E-state index in [1.54, 1.807) is 19.1 Å². The van der Waals surface area contributed by atoms with Gasteiger partial charge < -0.3 is 24.2 Å². The van der Waals surface area contributed by atoms with Crippen molar-refractivity contribution in [3.05, 3.63) is 23.8 Å². The van der Waals surface area contributed by atoms with Crippen LogP contribution in [0.3, 0.4) is 0 Å². The summed E-state index contributed by atoms with van der Waals surface area (Å²) < 4.78 is 10.6. The zero-order valence-corrected chi connectivity index (χ0v) is 15.7. The van der Waals surface area contributed by atoms with Crippen molar-refractivity contribution in [2.45, 2.75) is 13.0 Å². The van der Waals surface area contributed by atoms with Crippen LogP contribution in [0.4, 0.5) is 0 Å². The van der Waals surface area contributed by atoms with E-state index in [1.807, 2.05) is 23.1 Å². The number of nitrogens with zero attached hydrogens (tertiary/aromatic N) is 3. The molecule has 7 heteroatoms. The summed E-state index contributed by atoms with van der Waals surface area (Å²) in [6, 6.07) is 5.63. The molecule has 2 heterocycles. The number of amides is 2. The highest BCUT2D eigenvalue weighted by Crippen LogP contribution is 2.29. The predicted molar refractivity (Wildman–Crippen MR) is 97.1 cm³/mol. The topological polar surface area (TPSA) is 62.3 Å². The molecule has 1 atom stereocenters. The minimum atomic E-state index is -0.231. The van der Waals surface area contributed by atoms with E-state index in [2.05, 4.69) is 11.9 Å². The van der Waals surface area contributed by atoms with Gasteiger partial charge in [-0.05, 0) is 24.7 Å². The first kappa shape index (κ1) is 18.5. The van der Waals surface area contributed by atoms with Crippen LogP contribution in [0, 0.1) is 5.92 Å². The van der Waals surface area contributed by atoms with Gasteiger partial charge >= 0.3 is 0 Å². The summed E-state index contributed by atoms with van der Waals surface area (Å²) in [5.74, 6) is 1.22. The van der Waals surface area contributed by atoms with E-state index in [1.165, 1.54) is 0 Å². The largest absolute Gasteiger partial charge is 0.493 e. The van der Waals surface area contributed by atoms with Crippen LogP contribution in [-0.2, 0) is 16.1 Å². The van der Waals surface area contributed by atoms with Crippen LogP contribution in [-0.4, -0.2) is 80.5 Å². The molecule has 0 aromatic heterocycles. The maximum absolute atomic E-state index is 12.7. The second kappa shape index (κ2) is 7.95. The predicted octanol–water partition coefficient (Wildman–Crippen LogP) is 0.826. The first-order valence-corrected chi connectivity index (χ1v) is 8.98. The SMILES string of the molecule is COc1ccc(CN2CC(C(=O)N3CCN(C)CC3)CC2=O)cc1OC. The molecule has 0 N–H and O–H groups in total. The highest BCUT2D eigenvalue weighted by atomic mass is 16.5. The van der Waals surface area contributed by atoms with Crippen LogP contribution in [0.25, 0.3) is 0 Å². The molecule has 0 saturated carbocycles. The van der Waals surface area contributed by atoms with E-state index < -0.39 is 0 Å². The smallest absolute Gasteiger partial charge is 0.228 e. The Balaban J connectivity index is 1.62. The summed E-state index contributed by atoms with van der Waals surface area (Å²) in [7, 11) is 5.25.